The number of benzene rings is 3. The zero-order valence-corrected chi connectivity index (χ0v) is 19.2. The predicted molar refractivity (Wildman–Crippen MR) is 127 cm³/mol. The van der Waals surface area contributed by atoms with Crippen LogP contribution in [0.15, 0.2) is 60.7 Å². The van der Waals surface area contributed by atoms with E-state index in [0.717, 1.165) is 21.9 Å². The van der Waals surface area contributed by atoms with Crippen molar-refractivity contribution >= 4 is 45.8 Å². The molecule has 0 aliphatic heterocycles. The molecule has 3 aromatic carbocycles. The fourth-order valence-electron chi connectivity index (χ4n) is 3.63. The van der Waals surface area contributed by atoms with E-state index in [2.05, 4.69) is 23.5 Å². The predicted octanol–water partition coefficient (Wildman–Crippen LogP) is 5.63. The Morgan fingerprint density at radius 2 is 1.74 bits per heavy atom. The summed E-state index contributed by atoms with van der Waals surface area (Å²) in [6.07, 6.45) is 0.885. The molecule has 0 bridgehead atoms. The highest BCUT2D eigenvalue weighted by atomic mass is 35.5. The normalized spacial score (nSPS) is 11.9. The molecule has 4 nitrogen and oxygen atoms in total. The SMILES string of the molecule is CCNC(=O)[C@H](C)N(Cc1ccc(Cl)cc1Cl)C(=O)CCc1cccc2ccccc12. The smallest absolute Gasteiger partial charge is 0.242 e. The maximum atomic E-state index is 13.3. The van der Waals surface area contributed by atoms with E-state index in [9.17, 15) is 9.59 Å². The van der Waals surface area contributed by atoms with Gasteiger partial charge in [-0.2, -0.15) is 0 Å². The molecule has 2 amide bonds. The van der Waals surface area contributed by atoms with Crippen molar-refractivity contribution in [3.8, 4) is 0 Å². The fourth-order valence-corrected chi connectivity index (χ4v) is 4.10. The number of fused-ring (bicyclic) bond motifs is 1. The topological polar surface area (TPSA) is 49.4 Å². The monoisotopic (exact) mass is 456 g/mol. The van der Waals surface area contributed by atoms with Gasteiger partial charge in [-0.3, -0.25) is 9.59 Å². The average molecular weight is 457 g/mol. The summed E-state index contributed by atoms with van der Waals surface area (Å²) in [5.74, 6) is -0.288. The molecule has 6 heteroatoms. The highest BCUT2D eigenvalue weighted by Gasteiger charge is 2.26. The number of nitrogens with one attached hydrogen (secondary N) is 1. The molecule has 0 spiro atoms. The van der Waals surface area contributed by atoms with Gasteiger partial charge in [0.05, 0.1) is 0 Å². The molecule has 1 N–H and O–H groups in total. The Morgan fingerprint density at radius 1 is 1.00 bits per heavy atom. The van der Waals surface area contributed by atoms with Gasteiger partial charge in [-0.05, 0) is 54.3 Å². The molecule has 31 heavy (non-hydrogen) atoms. The van der Waals surface area contributed by atoms with Gasteiger partial charge in [0, 0.05) is 29.6 Å². The molecule has 0 fully saturated rings. The third-order valence-electron chi connectivity index (χ3n) is 5.36. The quantitative estimate of drug-likeness (QED) is 0.477. The Hall–Kier alpha value is -2.56. The van der Waals surface area contributed by atoms with Crippen molar-refractivity contribution in [3.05, 3.63) is 81.8 Å². The van der Waals surface area contributed by atoms with E-state index < -0.39 is 6.04 Å². The highest BCUT2D eigenvalue weighted by molar-refractivity contribution is 6.35. The second-order valence-electron chi connectivity index (χ2n) is 7.47. The van der Waals surface area contributed by atoms with Crippen LogP contribution in [-0.2, 0) is 22.6 Å². The van der Waals surface area contributed by atoms with Gasteiger partial charge in [0.25, 0.3) is 0 Å². The Bertz CT molecular complexity index is 1080. The number of hydrogen-bond donors (Lipinski definition) is 1. The number of halogens is 2. The largest absolute Gasteiger partial charge is 0.355 e. The second kappa shape index (κ2) is 10.7. The Balaban J connectivity index is 1.81. The first kappa shape index (κ1) is 23.1. The highest BCUT2D eigenvalue weighted by Crippen LogP contribution is 2.24. The Kier molecular flexibility index (Phi) is 7.94. The van der Waals surface area contributed by atoms with E-state index in [1.165, 1.54) is 0 Å². The van der Waals surface area contributed by atoms with Crippen molar-refractivity contribution in [2.75, 3.05) is 6.54 Å². The number of rotatable bonds is 8. The van der Waals surface area contributed by atoms with Crippen molar-refractivity contribution in [2.45, 2.75) is 39.3 Å². The molecule has 162 valence electrons. The van der Waals surface area contributed by atoms with Gasteiger partial charge in [-0.1, -0.05) is 71.7 Å². The van der Waals surface area contributed by atoms with Crippen LogP contribution in [0.3, 0.4) is 0 Å². The van der Waals surface area contributed by atoms with Crippen molar-refractivity contribution in [1.29, 1.82) is 0 Å². The maximum absolute atomic E-state index is 13.3. The standard InChI is InChI=1S/C25H26Cl2N2O2/c1-3-28-25(31)17(2)29(16-20-11-13-21(26)15-23(20)27)24(30)14-12-19-9-6-8-18-7-4-5-10-22(18)19/h4-11,13,15,17H,3,12,14,16H2,1-2H3,(H,28,31)/t17-/m0/s1. The fraction of sp³-hybridized carbons (Fsp3) is 0.280. The zero-order valence-electron chi connectivity index (χ0n) is 17.7. The average Bonchev–Trinajstić information content (AvgIpc) is 2.76. The molecule has 0 aliphatic carbocycles. The molecular formula is C25H26Cl2N2O2. The lowest BCUT2D eigenvalue weighted by molar-refractivity contribution is -0.140. The molecule has 0 unspecified atom stereocenters. The number of hydrogen-bond acceptors (Lipinski definition) is 2. The molecule has 3 aromatic rings. The van der Waals surface area contributed by atoms with Crippen LogP contribution in [0.4, 0.5) is 0 Å². The van der Waals surface area contributed by atoms with Crippen LogP contribution in [0.25, 0.3) is 10.8 Å². The van der Waals surface area contributed by atoms with Gasteiger partial charge < -0.3 is 10.2 Å². The number of carbonyl (C=O) groups excluding carboxylic acids is 2. The van der Waals surface area contributed by atoms with Gasteiger partial charge in [0.1, 0.15) is 6.04 Å². The van der Waals surface area contributed by atoms with Crippen LogP contribution in [0, 0.1) is 0 Å². The third-order valence-corrected chi connectivity index (χ3v) is 5.95. The van der Waals surface area contributed by atoms with E-state index >= 15 is 0 Å². The summed E-state index contributed by atoms with van der Waals surface area (Å²) in [6.45, 7) is 4.34. The first-order valence-electron chi connectivity index (χ1n) is 10.4. The summed E-state index contributed by atoms with van der Waals surface area (Å²) < 4.78 is 0. The number of aryl methyl sites for hydroxylation is 1. The molecule has 0 aliphatic rings. The zero-order chi connectivity index (χ0) is 22.4. The number of amides is 2. The molecule has 0 saturated heterocycles. The van der Waals surface area contributed by atoms with E-state index in [1.807, 2.05) is 31.2 Å². The summed E-state index contributed by atoms with van der Waals surface area (Å²) in [6, 6.07) is 18.8. The lowest BCUT2D eigenvalue weighted by atomic mass is 10.0. The van der Waals surface area contributed by atoms with Gasteiger partial charge in [-0.15, -0.1) is 0 Å². The van der Waals surface area contributed by atoms with Crippen LogP contribution >= 0.6 is 23.2 Å². The van der Waals surface area contributed by atoms with Gasteiger partial charge in [-0.25, -0.2) is 0 Å². The van der Waals surface area contributed by atoms with Crippen LogP contribution in [0.2, 0.25) is 10.0 Å². The van der Waals surface area contributed by atoms with Gasteiger partial charge in [0.2, 0.25) is 11.8 Å². The van der Waals surface area contributed by atoms with Gasteiger partial charge >= 0.3 is 0 Å². The number of carbonyl (C=O) groups is 2. The van der Waals surface area contributed by atoms with Crippen LogP contribution in [-0.4, -0.2) is 29.3 Å². The molecule has 3 rings (SSSR count). The first-order chi connectivity index (χ1) is 14.9. The molecule has 0 saturated carbocycles. The molecular weight excluding hydrogens is 431 g/mol. The summed E-state index contributed by atoms with van der Waals surface area (Å²) in [5.41, 5.74) is 1.86. The van der Waals surface area contributed by atoms with E-state index in [1.54, 1.807) is 30.0 Å². The van der Waals surface area contributed by atoms with E-state index in [4.69, 9.17) is 23.2 Å². The lowest BCUT2D eigenvalue weighted by Crippen LogP contribution is -2.47. The van der Waals surface area contributed by atoms with Crippen LogP contribution in [0.5, 0.6) is 0 Å². The summed E-state index contributed by atoms with van der Waals surface area (Å²) in [4.78, 5) is 27.4. The van der Waals surface area contributed by atoms with Gasteiger partial charge in [0.15, 0.2) is 0 Å². The van der Waals surface area contributed by atoms with Crippen molar-refractivity contribution in [3.63, 3.8) is 0 Å². The minimum absolute atomic E-state index is 0.0993. The maximum Gasteiger partial charge on any atom is 0.242 e. The second-order valence-corrected chi connectivity index (χ2v) is 8.31. The molecule has 0 heterocycles. The van der Waals surface area contributed by atoms with E-state index in [-0.39, 0.29) is 18.4 Å². The number of nitrogens with zero attached hydrogens (tertiary/aromatic N) is 1. The van der Waals surface area contributed by atoms with Crippen molar-refractivity contribution < 1.29 is 9.59 Å². The minimum atomic E-state index is -0.619. The van der Waals surface area contributed by atoms with Crippen LogP contribution < -0.4 is 5.32 Å². The van der Waals surface area contributed by atoms with Crippen molar-refractivity contribution in [1.82, 2.24) is 10.2 Å². The summed E-state index contributed by atoms with van der Waals surface area (Å²) >= 11 is 12.3. The lowest BCUT2D eigenvalue weighted by Gasteiger charge is -2.29. The molecule has 1 atom stereocenters. The van der Waals surface area contributed by atoms with Crippen molar-refractivity contribution in [2.24, 2.45) is 0 Å². The Morgan fingerprint density at radius 3 is 2.48 bits per heavy atom. The molecule has 0 radical (unpaired) electrons. The van der Waals surface area contributed by atoms with E-state index in [0.29, 0.717) is 29.4 Å². The van der Waals surface area contributed by atoms with Crippen LogP contribution in [0.1, 0.15) is 31.4 Å². The molecule has 0 aromatic heterocycles. The minimum Gasteiger partial charge on any atom is -0.355 e. The summed E-state index contributed by atoms with van der Waals surface area (Å²) in [7, 11) is 0. The Labute approximate surface area is 193 Å². The third kappa shape index (κ3) is 5.78. The summed E-state index contributed by atoms with van der Waals surface area (Å²) in [5, 5.41) is 6.09. The first-order valence-corrected chi connectivity index (χ1v) is 11.1. The number of likely N-dealkylation sites (N-methyl/N-ethyl adjacent to an activating group) is 1.